The third-order valence-electron chi connectivity index (χ3n) is 4.06. The van der Waals surface area contributed by atoms with Crippen LogP contribution in [0.4, 0.5) is 5.69 Å². The highest BCUT2D eigenvalue weighted by Crippen LogP contribution is 2.45. The Bertz CT molecular complexity index is 466. The lowest BCUT2D eigenvalue weighted by molar-refractivity contribution is 0.414. The number of nitrogens with zero attached hydrogens (tertiary/aromatic N) is 1. The van der Waals surface area contributed by atoms with Crippen molar-refractivity contribution in [2.45, 2.75) is 43.8 Å². The molecule has 0 amide bonds. The molecular formula is C13H15BrCl2N2. The molecule has 0 aliphatic carbocycles. The van der Waals surface area contributed by atoms with E-state index in [1.807, 2.05) is 6.07 Å². The van der Waals surface area contributed by atoms with Crippen LogP contribution in [0.2, 0.25) is 10.0 Å². The van der Waals surface area contributed by atoms with Crippen LogP contribution < -0.4 is 10.6 Å². The van der Waals surface area contributed by atoms with Crippen LogP contribution >= 0.6 is 39.1 Å². The van der Waals surface area contributed by atoms with Gasteiger partial charge in [0.2, 0.25) is 0 Å². The average Bonchev–Trinajstić information content (AvgIpc) is 2.59. The van der Waals surface area contributed by atoms with Crippen LogP contribution in [0, 0.1) is 0 Å². The van der Waals surface area contributed by atoms with Gasteiger partial charge in [-0.1, -0.05) is 23.2 Å². The third-order valence-corrected chi connectivity index (χ3v) is 5.82. The molecular weight excluding hydrogens is 335 g/mol. The molecule has 0 saturated carbocycles. The van der Waals surface area contributed by atoms with Gasteiger partial charge in [-0.05, 0) is 53.7 Å². The third kappa shape index (κ3) is 2.05. The molecule has 2 bridgehead atoms. The van der Waals surface area contributed by atoms with Crippen molar-refractivity contribution in [3.63, 3.8) is 0 Å². The lowest BCUT2D eigenvalue weighted by Gasteiger charge is -2.40. The Kier molecular flexibility index (Phi) is 3.52. The van der Waals surface area contributed by atoms with Gasteiger partial charge < -0.3 is 10.6 Å². The van der Waals surface area contributed by atoms with E-state index in [0.717, 1.165) is 23.0 Å². The molecule has 2 heterocycles. The Balaban J connectivity index is 1.99. The van der Waals surface area contributed by atoms with Crippen LogP contribution in [0.3, 0.4) is 0 Å². The number of fused-ring (bicyclic) bond motifs is 2. The molecule has 3 rings (SSSR count). The smallest absolute Gasteiger partial charge is 0.0837 e. The quantitative estimate of drug-likeness (QED) is 0.769. The highest BCUT2D eigenvalue weighted by atomic mass is 79.9. The summed E-state index contributed by atoms with van der Waals surface area (Å²) in [7, 11) is 0. The Hall–Kier alpha value is 0.0400. The first-order valence-corrected chi connectivity index (χ1v) is 7.80. The molecule has 2 atom stereocenters. The van der Waals surface area contributed by atoms with Gasteiger partial charge in [0.15, 0.2) is 0 Å². The Morgan fingerprint density at radius 3 is 2.33 bits per heavy atom. The second-order valence-corrected chi connectivity index (χ2v) is 6.83. The molecule has 2 aliphatic rings. The summed E-state index contributed by atoms with van der Waals surface area (Å²) in [6.45, 7) is 0. The van der Waals surface area contributed by atoms with Crippen molar-refractivity contribution in [2.75, 3.05) is 4.90 Å². The molecule has 0 aromatic heterocycles. The maximum Gasteiger partial charge on any atom is 0.0837 e. The van der Waals surface area contributed by atoms with E-state index < -0.39 is 0 Å². The summed E-state index contributed by atoms with van der Waals surface area (Å²) in [5.74, 6) is 0. The SMILES string of the molecule is NC1CC2CCC(C1)N2c1ccc(Br)c(Cl)c1Cl. The zero-order chi connectivity index (χ0) is 12.9. The summed E-state index contributed by atoms with van der Waals surface area (Å²) < 4.78 is 0.846. The summed E-state index contributed by atoms with van der Waals surface area (Å²) >= 11 is 16.0. The number of rotatable bonds is 1. The first-order chi connectivity index (χ1) is 8.58. The van der Waals surface area contributed by atoms with E-state index in [0.29, 0.717) is 28.2 Å². The zero-order valence-corrected chi connectivity index (χ0v) is 13.0. The molecule has 98 valence electrons. The topological polar surface area (TPSA) is 29.3 Å². The lowest BCUT2D eigenvalue weighted by atomic mass is 9.97. The van der Waals surface area contributed by atoms with E-state index in [-0.39, 0.29) is 0 Å². The Morgan fingerprint density at radius 1 is 1.11 bits per heavy atom. The van der Waals surface area contributed by atoms with Gasteiger partial charge in [0.1, 0.15) is 0 Å². The van der Waals surface area contributed by atoms with Crippen LogP contribution in [0.1, 0.15) is 25.7 Å². The molecule has 18 heavy (non-hydrogen) atoms. The fraction of sp³-hybridized carbons (Fsp3) is 0.538. The summed E-state index contributed by atoms with van der Waals surface area (Å²) in [4.78, 5) is 2.43. The van der Waals surface area contributed by atoms with E-state index in [4.69, 9.17) is 28.9 Å². The predicted octanol–water partition coefficient (Wildman–Crippen LogP) is 4.21. The molecule has 0 radical (unpaired) electrons. The molecule has 1 aromatic carbocycles. The van der Waals surface area contributed by atoms with E-state index in [1.54, 1.807) is 0 Å². The van der Waals surface area contributed by atoms with Crippen molar-refractivity contribution in [2.24, 2.45) is 5.73 Å². The molecule has 2 fully saturated rings. The molecule has 2 unspecified atom stereocenters. The van der Waals surface area contributed by atoms with Gasteiger partial charge in [-0.15, -0.1) is 0 Å². The lowest BCUT2D eigenvalue weighted by Crippen LogP contribution is -2.47. The molecule has 2 N–H and O–H groups in total. The molecule has 2 nitrogen and oxygen atoms in total. The van der Waals surface area contributed by atoms with Gasteiger partial charge in [-0.25, -0.2) is 0 Å². The number of hydrogen-bond acceptors (Lipinski definition) is 2. The van der Waals surface area contributed by atoms with Crippen molar-refractivity contribution >= 4 is 44.8 Å². The fourth-order valence-electron chi connectivity index (χ4n) is 3.33. The van der Waals surface area contributed by atoms with Crippen molar-refractivity contribution in [3.8, 4) is 0 Å². The van der Waals surface area contributed by atoms with E-state index in [9.17, 15) is 0 Å². The largest absolute Gasteiger partial charge is 0.364 e. The zero-order valence-electron chi connectivity index (χ0n) is 9.87. The Labute approximate surface area is 126 Å². The van der Waals surface area contributed by atoms with E-state index in [2.05, 4.69) is 26.9 Å². The second kappa shape index (κ2) is 4.86. The van der Waals surface area contributed by atoms with Crippen LogP contribution in [0.25, 0.3) is 0 Å². The highest BCUT2D eigenvalue weighted by molar-refractivity contribution is 9.10. The summed E-state index contributed by atoms with van der Waals surface area (Å²) in [6.07, 6.45) is 4.53. The van der Waals surface area contributed by atoms with Gasteiger partial charge in [-0.3, -0.25) is 0 Å². The minimum Gasteiger partial charge on any atom is -0.364 e. The van der Waals surface area contributed by atoms with Crippen molar-refractivity contribution in [1.29, 1.82) is 0 Å². The van der Waals surface area contributed by atoms with E-state index >= 15 is 0 Å². The number of nitrogens with two attached hydrogens (primary N) is 1. The second-order valence-electron chi connectivity index (χ2n) is 5.22. The fourth-order valence-corrected chi connectivity index (χ4v) is 4.19. The minimum atomic E-state index is 0.337. The van der Waals surface area contributed by atoms with Crippen LogP contribution in [0.5, 0.6) is 0 Å². The minimum absolute atomic E-state index is 0.337. The normalized spacial score (nSPS) is 30.9. The first-order valence-electron chi connectivity index (χ1n) is 6.25. The van der Waals surface area contributed by atoms with Gasteiger partial charge >= 0.3 is 0 Å². The van der Waals surface area contributed by atoms with Crippen molar-refractivity contribution < 1.29 is 0 Å². The molecule has 2 saturated heterocycles. The van der Waals surface area contributed by atoms with Crippen LogP contribution in [0.15, 0.2) is 16.6 Å². The molecule has 1 aromatic rings. The highest BCUT2D eigenvalue weighted by Gasteiger charge is 2.40. The summed E-state index contributed by atoms with van der Waals surface area (Å²) in [5, 5.41) is 1.25. The van der Waals surface area contributed by atoms with E-state index in [1.165, 1.54) is 12.8 Å². The number of anilines is 1. The number of benzene rings is 1. The van der Waals surface area contributed by atoms with Gasteiger partial charge in [0.05, 0.1) is 15.7 Å². The molecule has 5 heteroatoms. The van der Waals surface area contributed by atoms with Gasteiger partial charge in [-0.2, -0.15) is 0 Å². The van der Waals surface area contributed by atoms with Crippen LogP contribution in [-0.2, 0) is 0 Å². The average molecular weight is 350 g/mol. The molecule has 0 spiro atoms. The van der Waals surface area contributed by atoms with Crippen molar-refractivity contribution in [1.82, 2.24) is 0 Å². The Morgan fingerprint density at radius 2 is 1.72 bits per heavy atom. The monoisotopic (exact) mass is 348 g/mol. The maximum atomic E-state index is 6.39. The van der Waals surface area contributed by atoms with Gasteiger partial charge in [0.25, 0.3) is 0 Å². The first kappa shape index (κ1) is 13.0. The standard InChI is InChI=1S/C13H15BrCl2N2/c14-10-3-4-11(13(16)12(10)15)18-8-1-2-9(18)6-7(17)5-8/h3-4,7-9H,1-2,5-6,17H2. The summed E-state index contributed by atoms with van der Waals surface area (Å²) in [5.41, 5.74) is 7.15. The predicted molar refractivity (Wildman–Crippen MR) is 80.7 cm³/mol. The number of piperidine rings is 1. The number of halogens is 3. The maximum absolute atomic E-state index is 6.39. The van der Waals surface area contributed by atoms with Gasteiger partial charge in [0, 0.05) is 22.6 Å². The summed E-state index contributed by atoms with van der Waals surface area (Å²) in [6, 6.07) is 5.41. The van der Waals surface area contributed by atoms with Crippen LogP contribution in [-0.4, -0.2) is 18.1 Å². The molecule has 2 aliphatic heterocycles. The van der Waals surface area contributed by atoms with Crippen molar-refractivity contribution in [3.05, 3.63) is 26.7 Å². The number of hydrogen-bond donors (Lipinski definition) is 1.